The Kier molecular flexibility index (Phi) is 4.69. The molecule has 1 aliphatic heterocycles. The number of nitro groups is 1. The molecule has 0 aromatic carbocycles. The highest BCUT2D eigenvalue weighted by molar-refractivity contribution is 5.82. The van der Waals surface area contributed by atoms with Crippen LogP contribution in [0.3, 0.4) is 0 Å². The largest absolute Gasteiger partial charge is 0.345 e. The predicted molar refractivity (Wildman–Crippen MR) is 78.3 cm³/mol. The molecule has 2 heterocycles. The molecule has 1 aromatic heterocycles. The van der Waals surface area contributed by atoms with E-state index in [9.17, 15) is 14.9 Å². The van der Waals surface area contributed by atoms with Crippen LogP contribution in [0.4, 0.5) is 11.5 Å². The summed E-state index contributed by atoms with van der Waals surface area (Å²) in [6.07, 6.45) is 0. The first-order valence-corrected chi connectivity index (χ1v) is 6.80. The van der Waals surface area contributed by atoms with E-state index < -0.39 is 4.92 Å². The second-order valence-electron chi connectivity index (χ2n) is 5.04. The lowest BCUT2D eigenvalue weighted by Gasteiger charge is -2.29. The van der Waals surface area contributed by atoms with Gasteiger partial charge in [0, 0.05) is 45.0 Å². The van der Waals surface area contributed by atoms with Crippen LogP contribution >= 0.6 is 0 Å². The molecule has 8 heteroatoms. The maximum atomic E-state index is 12.2. The summed E-state index contributed by atoms with van der Waals surface area (Å²) < 4.78 is 0. The highest BCUT2D eigenvalue weighted by Gasteiger charge is 2.23. The summed E-state index contributed by atoms with van der Waals surface area (Å²) in [5.74, 6) is 0.181. The summed E-state index contributed by atoms with van der Waals surface area (Å²) >= 11 is 0. The van der Waals surface area contributed by atoms with Crippen molar-refractivity contribution in [1.29, 1.82) is 0 Å². The number of anilines is 1. The van der Waals surface area contributed by atoms with E-state index in [-0.39, 0.29) is 24.0 Å². The Morgan fingerprint density at radius 2 is 2.14 bits per heavy atom. The number of piperazine rings is 1. The quantitative estimate of drug-likeness (QED) is 0.628. The molecule has 0 bridgehead atoms. The summed E-state index contributed by atoms with van der Waals surface area (Å²) in [5, 5.41) is 14.2. The Labute approximate surface area is 122 Å². The molecule has 21 heavy (non-hydrogen) atoms. The van der Waals surface area contributed by atoms with Crippen LogP contribution in [0.5, 0.6) is 0 Å². The number of pyridine rings is 1. The van der Waals surface area contributed by atoms with Crippen LogP contribution in [-0.4, -0.2) is 60.5 Å². The lowest BCUT2D eigenvalue weighted by Crippen LogP contribution is -2.49. The monoisotopic (exact) mass is 293 g/mol. The summed E-state index contributed by atoms with van der Waals surface area (Å²) in [7, 11) is 1.65. The first kappa shape index (κ1) is 15.2. The molecule has 0 unspecified atom stereocenters. The first-order valence-electron chi connectivity index (χ1n) is 6.80. The average molecular weight is 293 g/mol. The van der Waals surface area contributed by atoms with E-state index in [1.54, 1.807) is 24.9 Å². The molecule has 1 fully saturated rings. The van der Waals surface area contributed by atoms with Gasteiger partial charge in [0.15, 0.2) is 0 Å². The van der Waals surface area contributed by atoms with E-state index in [4.69, 9.17) is 0 Å². The zero-order valence-corrected chi connectivity index (χ0v) is 12.2. The van der Waals surface area contributed by atoms with E-state index in [1.807, 2.05) is 0 Å². The SMILES string of the molecule is Cc1ccc([N+](=O)[O-])c(N(C)CC(=O)N2CCNCC2)n1. The molecule has 1 amide bonds. The van der Waals surface area contributed by atoms with Crippen molar-refractivity contribution in [2.75, 3.05) is 44.7 Å². The van der Waals surface area contributed by atoms with Crippen molar-refractivity contribution in [3.05, 3.63) is 27.9 Å². The molecule has 0 aliphatic carbocycles. The zero-order valence-electron chi connectivity index (χ0n) is 12.2. The van der Waals surface area contributed by atoms with Gasteiger partial charge in [-0.2, -0.15) is 0 Å². The van der Waals surface area contributed by atoms with Crippen LogP contribution in [0.15, 0.2) is 12.1 Å². The summed E-state index contributed by atoms with van der Waals surface area (Å²) in [4.78, 5) is 30.3. The lowest BCUT2D eigenvalue weighted by molar-refractivity contribution is -0.384. The molecule has 1 saturated heterocycles. The minimum Gasteiger partial charge on any atom is -0.345 e. The molecule has 0 atom stereocenters. The van der Waals surface area contributed by atoms with Gasteiger partial charge in [-0.25, -0.2) is 4.98 Å². The number of amides is 1. The molecular weight excluding hydrogens is 274 g/mol. The van der Waals surface area contributed by atoms with Gasteiger partial charge >= 0.3 is 5.69 Å². The Morgan fingerprint density at radius 3 is 2.76 bits per heavy atom. The number of rotatable bonds is 4. The minimum absolute atomic E-state index is 0.0448. The van der Waals surface area contributed by atoms with E-state index in [0.717, 1.165) is 13.1 Å². The van der Waals surface area contributed by atoms with Gasteiger partial charge in [0.05, 0.1) is 11.5 Å². The van der Waals surface area contributed by atoms with Gasteiger partial charge in [0.2, 0.25) is 11.7 Å². The number of hydrogen-bond donors (Lipinski definition) is 1. The van der Waals surface area contributed by atoms with Crippen LogP contribution in [0.2, 0.25) is 0 Å². The van der Waals surface area contributed by atoms with Gasteiger partial charge in [-0.05, 0) is 13.0 Å². The standard InChI is InChI=1S/C13H19N5O3/c1-10-3-4-11(18(20)21)13(15-10)16(2)9-12(19)17-7-5-14-6-8-17/h3-4,14H,5-9H2,1-2H3. The highest BCUT2D eigenvalue weighted by atomic mass is 16.6. The van der Waals surface area contributed by atoms with E-state index >= 15 is 0 Å². The average Bonchev–Trinajstić information content (AvgIpc) is 2.47. The van der Waals surface area contributed by atoms with Crippen molar-refractivity contribution in [1.82, 2.24) is 15.2 Å². The van der Waals surface area contributed by atoms with Crippen molar-refractivity contribution in [2.45, 2.75) is 6.92 Å². The van der Waals surface area contributed by atoms with Crippen molar-refractivity contribution in [3.63, 3.8) is 0 Å². The summed E-state index contributed by atoms with van der Waals surface area (Å²) in [6, 6.07) is 3.01. The smallest absolute Gasteiger partial charge is 0.311 e. The fourth-order valence-corrected chi connectivity index (χ4v) is 2.25. The molecular formula is C13H19N5O3. The van der Waals surface area contributed by atoms with Crippen LogP contribution in [0, 0.1) is 17.0 Å². The first-order chi connectivity index (χ1) is 9.99. The molecule has 1 N–H and O–H groups in total. The number of nitrogens with zero attached hydrogens (tertiary/aromatic N) is 4. The minimum atomic E-state index is -0.479. The molecule has 8 nitrogen and oxygen atoms in total. The number of nitrogens with one attached hydrogen (secondary N) is 1. The summed E-state index contributed by atoms with van der Waals surface area (Å²) in [6.45, 7) is 4.72. The predicted octanol–water partition coefficient (Wildman–Crippen LogP) is 0.166. The number of likely N-dealkylation sites (N-methyl/N-ethyl adjacent to an activating group) is 1. The normalized spacial score (nSPS) is 14.9. The Hall–Kier alpha value is -2.22. The van der Waals surface area contributed by atoms with Crippen molar-refractivity contribution in [2.24, 2.45) is 0 Å². The fourth-order valence-electron chi connectivity index (χ4n) is 2.25. The third-order valence-corrected chi connectivity index (χ3v) is 3.39. The molecule has 0 radical (unpaired) electrons. The summed E-state index contributed by atoms with van der Waals surface area (Å²) in [5.41, 5.74) is 0.591. The van der Waals surface area contributed by atoms with Crippen LogP contribution < -0.4 is 10.2 Å². The van der Waals surface area contributed by atoms with Crippen LogP contribution in [-0.2, 0) is 4.79 Å². The van der Waals surface area contributed by atoms with Gasteiger partial charge in [0.1, 0.15) is 0 Å². The van der Waals surface area contributed by atoms with Gasteiger partial charge in [-0.1, -0.05) is 0 Å². The molecule has 2 rings (SSSR count). The molecule has 0 saturated carbocycles. The molecule has 1 aromatic rings. The maximum absolute atomic E-state index is 12.2. The van der Waals surface area contributed by atoms with Gasteiger partial charge in [0.25, 0.3) is 0 Å². The Bertz CT molecular complexity index is 543. The maximum Gasteiger partial charge on any atom is 0.311 e. The Morgan fingerprint density at radius 1 is 1.48 bits per heavy atom. The molecule has 114 valence electrons. The zero-order chi connectivity index (χ0) is 15.4. The van der Waals surface area contributed by atoms with E-state index in [2.05, 4.69) is 10.3 Å². The van der Waals surface area contributed by atoms with E-state index in [0.29, 0.717) is 18.8 Å². The number of aromatic nitrogens is 1. The highest BCUT2D eigenvalue weighted by Crippen LogP contribution is 2.24. The third-order valence-electron chi connectivity index (χ3n) is 3.39. The van der Waals surface area contributed by atoms with E-state index in [1.165, 1.54) is 11.0 Å². The number of carbonyl (C=O) groups excluding carboxylic acids is 1. The Balaban J connectivity index is 2.12. The number of aryl methyl sites for hydroxylation is 1. The van der Waals surface area contributed by atoms with Crippen molar-refractivity contribution < 1.29 is 9.72 Å². The van der Waals surface area contributed by atoms with Crippen LogP contribution in [0.25, 0.3) is 0 Å². The second kappa shape index (κ2) is 6.49. The fraction of sp³-hybridized carbons (Fsp3) is 0.538. The lowest BCUT2D eigenvalue weighted by atomic mass is 10.3. The van der Waals surface area contributed by atoms with Crippen LogP contribution in [0.1, 0.15) is 5.69 Å². The van der Waals surface area contributed by atoms with Gasteiger partial charge < -0.3 is 15.1 Å². The van der Waals surface area contributed by atoms with Gasteiger partial charge in [-0.15, -0.1) is 0 Å². The number of carbonyl (C=O) groups is 1. The number of hydrogen-bond acceptors (Lipinski definition) is 6. The van der Waals surface area contributed by atoms with Crippen molar-refractivity contribution in [3.8, 4) is 0 Å². The molecule has 0 spiro atoms. The van der Waals surface area contributed by atoms with Crippen molar-refractivity contribution >= 4 is 17.4 Å². The second-order valence-corrected chi connectivity index (χ2v) is 5.04. The van der Waals surface area contributed by atoms with Gasteiger partial charge in [-0.3, -0.25) is 14.9 Å². The molecule has 1 aliphatic rings. The topological polar surface area (TPSA) is 91.6 Å². The third kappa shape index (κ3) is 3.66.